The van der Waals surface area contributed by atoms with Crippen LogP contribution < -0.4 is 10.1 Å². The van der Waals surface area contributed by atoms with Crippen molar-refractivity contribution in [2.45, 2.75) is 50.4 Å². The molecule has 3 N–H and O–H groups in total. The predicted octanol–water partition coefficient (Wildman–Crippen LogP) is 2.32. The number of hydrogen-bond donors (Lipinski definition) is 3. The molecule has 2 aromatic rings. The lowest BCUT2D eigenvalue weighted by Gasteiger charge is -2.41. The number of para-hydroxylation sites is 1. The minimum absolute atomic E-state index is 0.0847. The summed E-state index contributed by atoms with van der Waals surface area (Å²) in [4.78, 5) is 27.9. The van der Waals surface area contributed by atoms with Gasteiger partial charge in [0.05, 0.1) is 18.6 Å². The van der Waals surface area contributed by atoms with Gasteiger partial charge in [-0.15, -0.1) is 0 Å². The van der Waals surface area contributed by atoms with Crippen molar-refractivity contribution in [2.75, 3.05) is 19.7 Å². The largest absolute Gasteiger partial charge is 0.486 e. The van der Waals surface area contributed by atoms with E-state index in [9.17, 15) is 24.2 Å². The highest BCUT2D eigenvalue weighted by atomic mass is 19.1. The van der Waals surface area contributed by atoms with Gasteiger partial charge in [-0.25, -0.2) is 4.39 Å². The first-order valence-electron chi connectivity index (χ1n) is 12.0. The van der Waals surface area contributed by atoms with Crippen molar-refractivity contribution < 1.29 is 28.9 Å². The van der Waals surface area contributed by atoms with Gasteiger partial charge in [0.1, 0.15) is 23.8 Å². The highest BCUT2D eigenvalue weighted by Crippen LogP contribution is 2.47. The van der Waals surface area contributed by atoms with Crippen LogP contribution in [0.3, 0.4) is 0 Å². The summed E-state index contributed by atoms with van der Waals surface area (Å²) in [5.74, 6) is -0.793. The molecule has 1 aliphatic carbocycles. The Kier molecular flexibility index (Phi) is 7.83. The van der Waals surface area contributed by atoms with Crippen LogP contribution in [0.15, 0.2) is 60.2 Å². The summed E-state index contributed by atoms with van der Waals surface area (Å²) in [7, 11) is 0. The Bertz CT molecular complexity index is 1100. The molecule has 0 saturated heterocycles. The van der Waals surface area contributed by atoms with Crippen molar-refractivity contribution in [3.05, 3.63) is 77.1 Å². The summed E-state index contributed by atoms with van der Waals surface area (Å²) in [5.41, 5.74) is 1.92. The van der Waals surface area contributed by atoms with Crippen LogP contribution in [-0.4, -0.2) is 64.9 Å². The van der Waals surface area contributed by atoms with Crippen LogP contribution in [0.1, 0.15) is 36.8 Å². The zero-order chi connectivity index (χ0) is 24.9. The molecule has 0 saturated carbocycles. The minimum atomic E-state index is -1.07. The van der Waals surface area contributed by atoms with Gasteiger partial charge in [0.2, 0.25) is 11.8 Å². The molecular weight excluding hydrogens is 451 g/mol. The SMILES string of the molecule is CCCC(=O)N(CCc1cccc(F)c1)C1C=C(C(=O)NCCO)C2c3ccccc3OC2C1O. The topological polar surface area (TPSA) is 99.1 Å². The molecule has 0 aromatic heterocycles. The number of halogens is 1. The Morgan fingerprint density at radius 1 is 1.17 bits per heavy atom. The van der Waals surface area contributed by atoms with Gasteiger partial charge in [0.15, 0.2) is 0 Å². The first-order valence-corrected chi connectivity index (χ1v) is 12.0. The number of nitrogens with zero attached hydrogens (tertiary/aromatic N) is 1. The Morgan fingerprint density at radius 2 is 1.97 bits per heavy atom. The molecule has 4 atom stereocenters. The number of rotatable bonds is 9. The van der Waals surface area contributed by atoms with Crippen molar-refractivity contribution in [3.8, 4) is 5.75 Å². The summed E-state index contributed by atoms with van der Waals surface area (Å²) in [6.07, 6.45) is 1.13. The monoisotopic (exact) mass is 482 g/mol. The summed E-state index contributed by atoms with van der Waals surface area (Å²) in [5, 5.41) is 23.3. The molecule has 1 heterocycles. The summed E-state index contributed by atoms with van der Waals surface area (Å²) < 4.78 is 19.8. The van der Waals surface area contributed by atoms with Crippen LogP contribution in [0, 0.1) is 5.82 Å². The smallest absolute Gasteiger partial charge is 0.247 e. The van der Waals surface area contributed by atoms with Crippen LogP contribution in [-0.2, 0) is 16.0 Å². The number of carbonyl (C=O) groups is 2. The molecule has 2 aromatic carbocycles. The van der Waals surface area contributed by atoms with E-state index in [1.807, 2.05) is 25.1 Å². The molecule has 0 bridgehead atoms. The number of carbonyl (C=O) groups excluding carboxylic acids is 2. The van der Waals surface area contributed by atoms with Crippen molar-refractivity contribution in [2.24, 2.45) is 0 Å². The van der Waals surface area contributed by atoms with Gasteiger partial charge < -0.3 is 25.2 Å². The fourth-order valence-corrected chi connectivity index (χ4v) is 4.93. The summed E-state index contributed by atoms with van der Waals surface area (Å²) in [6.45, 7) is 2.02. The van der Waals surface area contributed by atoms with E-state index < -0.39 is 24.2 Å². The third kappa shape index (κ3) is 5.23. The standard InChI is InChI=1S/C27H31FN2O5/c1-2-6-23(32)30(13-11-17-7-5-8-18(28)15-17)21-16-20(27(34)29-12-14-31)24-19-9-3-4-10-22(19)35-26(24)25(21)33/h3-5,7-10,15-16,21,24-26,31,33H,2,6,11-14H2,1H3,(H,29,34). The quantitative estimate of drug-likeness (QED) is 0.510. The van der Waals surface area contributed by atoms with Gasteiger partial charge in [-0.3, -0.25) is 9.59 Å². The molecule has 1 aliphatic heterocycles. The fraction of sp³-hybridized carbons (Fsp3) is 0.407. The number of ether oxygens (including phenoxy) is 1. The first-order chi connectivity index (χ1) is 16.9. The lowest BCUT2D eigenvalue weighted by Crippen LogP contribution is -2.56. The number of hydrogen-bond acceptors (Lipinski definition) is 5. The fourth-order valence-electron chi connectivity index (χ4n) is 4.93. The lowest BCUT2D eigenvalue weighted by atomic mass is 9.77. The second kappa shape index (κ2) is 11.0. The lowest BCUT2D eigenvalue weighted by molar-refractivity contribution is -0.137. The molecule has 35 heavy (non-hydrogen) atoms. The van der Waals surface area contributed by atoms with Crippen LogP contribution >= 0.6 is 0 Å². The molecule has 4 unspecified atom stereocenters. The van der Waals surface area contributed by atoms with Gasteiger partial charge in [0, 0.05) is 30.6 Å². The van der Waals surface area contributed by atoms with Gasteiger partial charge in [-0.2, -0.15) is 0 Å². The number of aliphatic hydroxyl groups is 2. The highest BCUT2D eigenvalue weighted by molar-refractivity contribution is 5.96. The van der Waals surface area contributed by atoms with E-state index in [0.29, 0.717) is 24.2 Å². The normalized spacial score (nSPS) is 22.5. The van der Waals surface area contributed by atoms with E-state index in [1.54, 1.807) is 29.2 Å². The van der Waals surface area contributed by atoms with Crippen LogP contribution in [0.5, 0.6) is 5.75 Å². The first kappa shape index (κ1) is 24.9. The van der Waals surface area contributed by atoms with Crippen molar-refractivity contribution in [3.63, 3.8) is 0 Å². The second-order valence-corrected chi connectivity index (χ2v) is 8.90. The number of nitrogens with one attached hydrogen (secondary N) is 1. The molecule has 7 nitrogen and oxygen atoms in total. The molecule has 8 heteroatoms. The van der Waals surface area contributed by atoms with Gasteiger partial charge in [-0.1, -0.05) is 37.3 Å². The third-order valence-corrected chi connectivity index (χ3v) is 6.55. The van der Waals surface area contributed by atoms with Crippen molar-refractivity contribution in [1.82, 2.24) is 10.2 Å². The average Bonchev–Trinajstić information content (AvgIpc) is 3.24. The van der Waals surface area contributed by atoms with Gasteiger partial charge >= 0.3 is 0 Å². The molecule has 0 spiro atoms. The van der Waals surface area contributed by atoms with Crippen LogP contribution in [0.4, 0.5) is 4.39 Å². The number of fused-ring (bicyclic) bond motifs is 3. The summed E-state index contributed by atoms with van der Waals surface area (Å²) >= 11 is 0. The molecule has 4 rings (SSSR count). The van der Waals surface area contributed by atoms with Crippen molar-refractivity contribution in [1.29, 1.82) is 0 Å². The zero-order valence-corrected chi connectivity index (χ0v) is 19.7. The summed E-state index contributed by atoms with van der Waals surface area (Å²) in [6, 6.07) is 12.7. The molecule has 0 radical (unpaired) electrons. The molecule has 2 amide bonds. The second-order valence-electron chi connectivity index (χ2n) is 8.90. The van der Waals surface area contributed by atoms with E-state index in [2.05, 4.69) is 5.32 Å². The molecule has 0 fully saturated rings. The number of amides is 2. The van der Waals surface area contributed by atoms with Crippen LogP contribution in [0.25, 0.3) is 0 Å². The Labute approximate surface area is 204 Å². The average molecular weight is 483 g/mol. The van der Waals surface area contributed by atoms with E-state index in [4.69, 9.17) is 4.74 Å². The van der Waals surface area contributed by atoms with Crippen molar-refractivity contribution >= 4 is 11.8 Å². The molecule has 2 aliphatic rings. The minimum Gasteiger partial charge on any atom is -0.486 e. The Balaban J connectivity index is 1.69. The van der Waals surface area contributed by atoms with Gasteiger partial charge in [-0.05, 0) is 42.7 Å². The highest BCUT2D eigenvalue weighted by Gasteiger charge is 2.50. The van der Waals surface area contributed by atoms with E-state index >= 15 is 0 Å². The van der Waals surface area contributed by atoms with Gasteiger partial charge in [0.25, 0.3) is 0 Å². The predicted molar refractivity (Wildman–Crippen MR) is 128 cm³/mol. The van der Waals surface area contributed by atoms with E-state index in [1.165, 1.54) is 12.1 Å². The zero-order valence-electron chi connectivity index (χ0n) is 19.7. The molecular formula is C27H31FN2O5. The Hall–Kier alpha value is -3.23. The van der Waals surface area contributed by atoms with E-state index in [0.717, 1.165) is 11.1 Å². The maximum absolute atomic E-state index is 13.7. The Morgan fingerprint density at radius 3 is 2.71 bits per heavy atom. The van der Waals surface area contributed by atoms with Crippen LogP contribution in [0.2, 0.25) is 0 Å². The van der Waals surface area contributed by atoms with E-state index in [-0.39, 0.29) is 43.7 Å². The number of aliphatic hydroxyl groups excluding tert-OH is 2. The maximum atomic E-state index is 13.7. The third-order valence-electron chi connectivity index (χ3n) is 6.55. The molecule has 186 valence electrons. The maximum Gasteiger partial charge on any atom is 0.247 e. The number of benzene rings is 2.